The number of aryl methyl sites for hydroxylation is 1. The van der Waals surface area contributed by atoms with Crippen molar-refractivity contribution in [2.75, 3.05) is 11.9 Å². The molecule has 0 bridgehead atoms. The third-order valence-corrected chi connectivity index (χ3v) is 4.82. The first kappa shape index (κ1) is 24.5. The molecule has 2 rings (SSSR count). The van der Waals surface area contributed by atoms with Gasteiger partial charge in [0.05, 0.1) is 12.1 Å². The third-order valence-electron chi connectivity index (χ3n) is 4.82. The standard InChI is InChI=1S/C21H22F6N2O2/c1-3-18(30)28-11-14-7-8-17(9-13(14)2)29-12-19(31,21(25,26)27)15-5-4-6-16(10-15)20(22,23)24/h4-10,29,31H,3,11-12H2,1-2H3,(H,28,30)/t19-/m1/s1. The van der Waals surface area contributed by atoms with E-state index >= 15 is 0 Å². The molecule has 0 aromatic heterocycles. The number of aliphatic hydroxyl groups is 1. The lowest BCUT2D eigenvalue weighted by Crippen LogP contribution is -2.48. The van der Waals surface area contributed by atoms with Gasteiger partial charge in [0.1, 0.15) is 0 Å². The fraction of sp³-hybridized carbons (Fsp3) is 0.381. The van der Waals surface area contributed by atoms with Gasteiger partial charge < -0.3 is 15.7 Å². The molecule has 0 radical (unpaired) electrons. The lowest BCUT2D eigenvalue weighted by Gasteiger charge is -2.32. The molecule has 0 aliphatic heterocycles. The van der Waals surface area contributed by atoms with Crippen LogP contribution in [-0.4, -0.2) is 23.7 Å². The van der Waals surface area contributed by atoms with Gasteiger partial charge in [0.15, 0.2) is 0 Å². The zero-order valence-corrected chi connectivity index (χ0v) is 16.8. The van der Waals surface area contributed by atoms with Crippen molar-refractivity contribution in [2.24, 2.45) is 0 Å². The van der Waals surface area contributed by atoms with Gasteiger partial charge in [-0.1, -0.05) is 25.1 Å². The van der Waals surface area contributed by atoms with Crippen LogP contribution in [0.1, 0.15) is 35.6 Å². The first-order valence-corrected chi connectivity index (χ1v) is 9.35. The van der Waals surface area contributed by atoms with E-state index < -0.39 is 35.6 Å². The van der Waals surface area contributed by atoms with Crippen molar-refractivity contribution in [3.8, 4) is 0 Å². The zero-order valence-electron chi connectivity index (χ0n) is 16.8. The number of carbonyl (C=O) groups excluding carboxylic acids is 1. The van der Waals surface area contributed by atoms with Crippen LogP contribution in [0.15, 0.2) is 42.5 Å². The monoisotopic (exact) mass is 448 g/mol. The van der Waals surface area contributed by atoms with Crippen LogP contribution in [0.5, 0.6) is 0 Å². The molecule has 0 aliphatic carbocycles. The van der Waals surface area contributed by atoms with Crippen molar-refractivity contribution >= 4 is 11.6 Å². The van der Waals surface area contributed by atoms with Crippen LogP contribution in [-0.2, 0) is 23.1 Å². The van der Waals surface area contributed by atoms with Crippen LogP contribution in [0, 0.1) is 6.92 Å². The molecule has 3 N–H and O–H groups in total. The maximum absolute atomic E-state index is 13.7. The van der Waals surface area contributed by atoms with Crippen LogP contribution in [0.3, 0.4) is 0 Å². The fourth-order valence-electron chi connectivity index (χ4n) is 2.87. The number of carbonyl (C=O) groups is 1. The molecule has 1 atom stereocenters. The van der Waals surface area contributed by atoms with E-state index in [2.05, 4.69) is 10.6 Å². The van der Waals surface area contributed by atoms with Gasteiger partial charge in [0, 0.05) is 18.7 Å². The minimum absolute atomic E-state index is 0.155. The summed E-state index contributed by atoms with van der Waals surface area (Å²) in [5.74, 6) is -0.155. The predicted octanol–water partition coefficient (Wildman–Crippen LogP) is 4.90. The Morgan fingerprint density at radius 1 is 1.00 bits per heavy atom. The first-order valence-electron chi connectivity index (χ1n) is 9.35. The molecular formula is C21H22F6N2O2. The molecule has 4 nitrogen and oxygen atoms in total. The Kier molecular flexibility index (Phi) is 7.25. The Morgan fingerprint density at radius 2 is 1.65 bits per heavy atom. The van der Waals surface area contributed by atoms with Crippen molar-refractivity contribution in [1.29, 1.82) is 0 Å². The number of hydrogen-bond acceptors (Lipinski definition) is 3. The summed E-state index contributed by atoms with van der Waals surface area (Å²) in [6, 6.07) is 7.13. The normalized spacial score (nSPS) is 14.1. The average molecular weight is 448 g/mol. The number of alkyl halides is 6. The number of benzene rings is 2. The lowest BCUT2D eigenvalue weighted by atomic mass is 9.91. The quantitative estimate of drug-likeness (QED) is 0.528. The number of hydrogen-bond donors (Lipinski definition) is 3. The SMILES string of the molecule is CCC(=O)NCc1ccc(NC[C@@](O)(c2cccc(C(F)(F)F)c2)C(F)(F)F)cc1C. The molecule has 170 valence electrons. The average Bonchev–Trinajstić information content (AvgIpc) is 2.69. The summed E-state index contributed by atoms with van der Waals surface area (Å²) < 4.78 is 79.7. The highest BCUT2D eigenvalue weighted by Crippen LogP contribution is 2.41. The summed E-state index contributed by atoms with van der Waals surface area (Å²) in [7, 11) is 0. The molecule has 0 heterocycles. The van der Waals surface area contributed by atoms with Crippen molar-refractivity contribution in [2.45, 2.75) is 44.8 Å². The van der Waals surface area contributed by atoms with Gasteiger partial charge >= 0.3 is 12.4 Å². The van der Waals surface area contributed by atoms with Crippen molar-refractivity contribution in [3.63, 3.8) is 0 Å². The molecule has 2 aromatic rings. The molecule has 10 heteroatoms. The number of halogens is 6. The molecule has 0 unspecified atom stereocenters. The van der Waals surface area contributed by atoms with Gasteiger partial charge in [-0.25, -0.2) is 0 Å². The van der Waals surface area contributed by atoms with Crippen LogP contribution in [0.2, 0.25) is 0 Å². The van der Waals surface area contributed by atoms with E-state index in [1.54, 1.807) is 19.9 Å². The van der Waals surface area contributed by atoms with E-state index in [4.69, 9.17) is 0 Å². The number of anilines is 1. The molecule has 1 amide bonds. The Balaban J connectivity index is 2.25. The summed E-state index contributed by atoms with van der Waals surface area (Å²) >= 11 is 0. The zero-order chi connectivity index (χ0) is 23.4. The molecule has 0 saturated carbocycles. The summed E-state index contributed by atoms with van der Waals surface area (Å²) in [6.45, 7) is 2.54. The molecule has 0 aliphatic rings. The summed E-state index contributed by atoms with van der Waals surface area (Å²) in [6.07, 6.45) is -9.77. The van der Waals surface area contributed by atoms with E-state index in [9.17, 15) is 36.2 Å². The Labute approximate surface area is 175 Å². The summed E-state index contributed by atoms with van der Waals surface area (Å²) in [5.41, 5.74) is -4.10. The van der Waals surface area contributed by atoms with Gasteiger partial charge in [-0.2, -0.15) is 26.3 Å². The van der Waals surface area contributed by atoms with E-state index in [1.165, 1.54) is 12.1 Å². The van der Waals surface area contributed by atoms with Gasteiger partial charge in [-0.15, -0.1) is 0 Å². The van der Waals surface area contributed by atoms with Gasteiger partial charge in [-0.05, 0) is 47.9 Å². The molecule has 31 heavy (non-hydrogen) atoms. The maximum atomic E-state index is 13.7. The minimum atomic E-state index is -5.23. The lowest BCUT2D eigenvalue weighted by molar-refractivity contribution is -0.260. The highest BCUT2D eigenvalue weighted by molar-refractivity contribution is 5.75. The van der Waals surface area contributed by atoms with Crippen LogP contribution in [0.4, 0.5) is 32.0 Å². The second-order valence-electron chi connectivity index (χ2n) is 7.06. The Bertz CT molecular complexity index is 927. The summed E-state index contributed by atoms with van der Waals surface area (Å²) in [4.78, 5) is 11.4. The number of amides is 1. The number of rotatable bonds is 7. The largest absolute Gasteiger partial charge is 0.423 e. The second-order valence-corrected chi connectivity index (χ2v) is 7.06. The summed E-state index contributed by atoms with van der Waals surface area (Å²) in [5, 5.41) is 15.5. The minimum Gasteiger partial charge on any atom is -0.381 e. The second kappa shape index (κ2) is 9.17. The molecule has 0 spiro atoms. The topological polar surface area (TPSA) is 61.4 Å². The van der Waals surface area contributed by atoms with Crippen molar-refractivity contribution in [3.05, 3.63) is 64.7 Å². The molecular weight excluding hydrogens is 426 g/mol. The molecule has 0 fully saturated rings. The van der Waals surface area contributed by atoms with Crippen molar-refractivity contribution in [1.82, 2.24) is 5.32 Å². The fourth-order valence-corrected chi connectivity index (χ4v) is 2.87. The maximum Gasteiger partial charge on any atom is 0.423 e. The molecule has 2 aromatic carbocycles. The van der Waals surface area contributed by atoms with Gasteiger partial charge in [-0.3, -0.25) is 4.79 Å². The Morgan fingerprint density at radius 3 is 2.19 bits per heavy atom. The smallest absolute Gasteiger partial charge is 0.381 e. The van der Waals surface area contributed by atoms with E-state index in [-0.39, 0.29) is 18.1 Å². The van der Waals surface area contributed by atoms with Gasteiger partial charge in [0.2, 0.25) is 11.5 Å². The Hall–Kier alpha value is -2.75. The first-order chi connectivity index (χ1) is 14.3. The van der Waals surface area contributed by atoms with Crippen LogP contribution in [0.25, 0.3) is 0 Å². The highest BCUT2D eigenvalue weighted by atomic mass is 19.4. The van der Waals surface area contributed by atoms with Crippen LogP contribution < -0.4 is 10.6 Å². The number of nitrogens with one attached hydrogen (secondary N) is 2. The van der Waals surface area contributed by atoms with E-state index in [1.807, 2.05) is 0 Å². The third kappa shape index (κ3) is 5.90. The van der Waals surface area contributed by atoms with Crippen molar-refractivity contribution < 1.29 is 36.2 Å². The van der Waals surface area contributed by atoms with E-state index in [0.717, 1.165) is 17.7 Å². The predicted molar refractivity (Wildman–Crippen MR) is 103 cm³/mol. The van der Waals surface area contributed by atoms with Gasteiger partial charge in [0.25, 0.3) is 0 Å². The highest BCUT2D eigenvalue weighted by Gasteiger charge is 2.55. The van der Waals surface area contributed by atoms with Crippen LogP contribution >= 0.6 is 0 Å². The van der Waals surface area contributed by atoms with E-state index in [0.29, 0.717) is 24.1 Å². The molecule has 0 saturated heterocycles.